The summed E-state index contributed by atoms with van der Waals surface area (Å²) in [6.07, 6.45) is 2.93. The Bertz CT molecular complexity index is 1830. The largest absolute Gasteiger partial charge is 0 e. The molecule has 3 heterocycles. The summed E-state index contributed by atoms with van der Waals surface area (Å²) in [6.45, 7) is 7.12. The van der Waals surface area contributed by atoms with E-state index in [4.69, 9.17) is 8.22 Å². The predicted octanol–water partition coefficient (Wildman–Crippen LogP) is 8.38. The summed E-state index contributed by atoms with van der Waals surface area (Å²) in [5, 5.41) is 0. The maximum Gasteiger partial charge on any atom is 0 e. The molecule has 0 saturated heterocycles. The molecule has 2 aromatic heterocycles. The standard InChI is InChI=1S/C25H28GeN.C12H10N.Ir/c1-16(2)26(17(3)4)23-13-8-7-10-20(23)21-11-9-12-22(25(21)26)24-14-18(5)19(6)15-27-24;1-10-7-8-12(13-9-10)11-5-3-2-4-6-11;/h7-11,13-17H,1-6H3;2-5,7-9H,1H3;/q2*-1;/i6D3;1D3;. The van der Waals surface area contributed by atoms with Crippen LogP contribution in [-0.4, -0.2) is 23.2 Å². The molecule has 0 bridgehead atoms. The fourth-order valence-electron chi connectivity index (χ4n) is 6.23. The molecule has 6 rings (SSSR count). The number of pyridine rings is 2. The van der Waals surface area contributed by atoms with Gasteiger partial charge in [-0.25, -0.2) is 0 Å². The van der Waals surface area contributed by atoms with Gasteiger partial charge in [0.1, 0.15) is 0 Å². The average molecular weight is 782 g/mol. The molecular weight excluding hydrogens is 737 g/mol. The van der Waals surface area contributed by atoms with Gasteiger partial charge in [0.15, 0.2) is 0 Å². The average Bonchev–Trinajstić information content (AvgIpc) is 3.33. The van der Waals surface area contributed by atoms with Gasteiger partial charge in [-0.3, -0.25) is 0 Å². The van der Waals surface area contributed by atoms with E-state index in [1.165, 1.54) is 27.9 Å². The van der Waals surface area contributed by atoms with Crippen molar-refractivity contribution in [3.8, 4) is 33.6 Å². The molecule has 41 heavy (non-hydrogen) atoms. The van der Waals surface area contributed by atoms with E-state index < -0.39 is 27.0 Å². The van der Waals surface area contributed by atoms with Gasteiger partial charge in [0, 0.05) is 30.4 Å². The van der Waals surface area contributed by atoms with Crippen LogP contribution in [0.2, 0.25) is 9.50 Å². The molecule has 0 aliphatic carbocycles. The van der Waals surface area contributed by atoms with Crippen LogP contribution in [0.3, 0.4) is 0 Å². The van der Waals surface area contributed by atoms with Crippen molar-refractivity contribution in [3.63, 3.8) is 0 Å². The van der Waals surface area contributed by atoms with E-state index in [2.05, 4.69) is 80.1 Å². The first-order chi connectivity index (χ1) is 21.7. The van der Waals surface area contributed by atoms with Crippen LogP contribution in [0.1, 0.15) is 52.6 Å². The minimum absolute atomic E-state index is 0. The van der Waals surface area contributed by atoms with Crippen LogP contribution in [0.5, 0.6) is 0 Å². The molecule has 1 aliphatic rings. The Hall–Kier alpha value is -2.85. The minimum Gasteiger partial charge on any atom is 0 e. The van der Waals surface area contributed by atoms with E-state index in [-0.39, 0.29) is 25.7 Å². The topological polar surface area (TPSA) is 25.8 Å². The molecule has 2 nitrogen and oxygen atoms in total. The van der Waals surface area contributed by atoms with Crippen LogP contribution < -0.4 is 8.79 Å². The Morgan fingerprint density at radius 3 is 2.12 bits per heavy atom. The quantitative estimate of drug-likeness (QED) is 0.135. The SMILES string of the molecule is [2H]C([2H])([2H])c1ccc(-c2[c-]cccc2)nc1.[2H]C([2H])([2H])c1cnc(-c2[c-]ccc3[c]2[Ge]([CH](C)C)([CH](C)C)[c]2ccccc2-3)cc1C.[Ir]. The second-order valence-electron chi connectivity index (χ2n) is 11.0. The van der Waals surface area contributed by atoms with E-state index in [0.29, 0.717) is 15.1 Å². The van der Waals surface area contributed by atoms with Crippen molar-refractivity contribution in [2.45, 2.75) is 57.8 Å². The fourth-order valence-corrected chi connectivity index (χ4v) is 19.5. The molecule has 0 saturated carbocycles. The summed E-state index contributed by atoms with van der Waals surface area (Å²) in [6, 6.07) is 32.3. The third-order valence-electron chi connectivity index (χ3n) is 8.01. The fraction of sp³-hybridized carbons (Fsp3) is 0.243. The molecule has 3 aromatic carbocycles. The number of aromatic nitrogens is 2. The minimum atomic E-state index is -2.79. The second-order valence-corrected chi connectivity index (χ2v) is 21.6. The van der Waals surface area contributed by atoms with Crippen molar-refractivity contribution in [3.05, 3.63) is 120 Å². The molecule has 0 fully saturated rings. The Kier molecular flexibility index (Phi) is 7.50. The van der Waals surface area contributed by atoms with Gasteiger partial charge in [-0.15, -0.1) is 35.9 Å². The van der Waals surface area contributed by atoms with Crippen LogP contribution in [0.4, 0.5) is 0 Å². The van der Waals surface area contributed by atoms with Crippen molar-refractivity contribution in [2.75, 3.05) is 0 Å². The predicted molar refractivity (Wildman–Crippen MR) is 172 cm³/mol. The zero-order valence-corrected chi connectivity index (χ0v) is 28.5. The first kappa shape index (κ1) is 23.7. The molecule has 1 radical (unpaired) electrons. The number of nitrogens with zero attached hydrogens (tertiary/aromatic N) is 2. The zero-order valence-electron chi connectivity index (χ0n) is 30.0. The molecule has 0 spiro atoms. The normalized spacial score (nSPS) is 15.5. The van der Waals surface area contributed by atoms with Gasteiger partial charge in [0.05, 0.1) is 0 Å². The molecular formula is C37H38GeIrN2-2. The van der Waals surface area contributed by atoms with E-state index in [1.54, 1.807) is 22.6 Å². The van der Waals surface area contributed by atoms with Crippen LogP contribution >= 0.6 is 0 Å². The van der Waals surface area contributed by atoms with Crippen molar-refractivity contribution in [1.82, 2.24) is 9.97 Å². The summed E-state index contributed by atoms with van der Waals surface area (Å²) in [4.78, 5) is 8.76. The second kappa shape index (κ2) is 13.0. The number of fused-ring (bicyclic) bond motifs is 3. The summed E-state index contributed by atoms with van der Waals surface area (Å²) in [7, 11) is 0. The Labute approximate surface area is 270 Å². The van der Waals surface area contributed by atoms with E-state index in [1.807, 2.05) is 37.3 Å². The third-order valence-corrected chi connectivity index (χ3v) is 21.3. The van der Waals surface area contributed by atoms with E-state index in [0.717, 1.165) is 28.1 Å². The summed E-state index contributed by atoms with van der Waals surface area (Å²) in [5.74, 6) is 0. The Morgan fingerprint density at radius 1 is 0.732 bits per heavy atom. The monoisotopic (exact) mass is 783 g/mol. The molecule has 0 amide bonds. The van der Waals surface area contributed by atoms with Crippen LogP contribution in [0, 0.1) is 32.8 Å². The van der Waals surface area contributed by atoms with Crippen molar-refractivity contribution < 1.29 is 28.3 Å². The number of hydrogen-bond acceptors (Lipinski definition) is 2. The summed E-state index contributed by atoms with van der Waals surface area (Å²) in [5.41, 5.74) is 7.51. The van der Waals surface area contributed by atoms with Gasteiger partial charge in [-0.1, -0.05) is 12.1 Å². The van der Waals surface area contributed by atoms with Gasteiger partial charge in [0.25, 0.3) is 0 Å². The molecule has 4 heteroatoms. The Balaban J connectivity index is 0.000000249. The summed E-state index contributed by atoms with van der Waals surface area (Å²) < 4.78 is 49.1. The van der Waals surface area contributed by atoms with Crippen LogP contribution in [0.15, 0.2) is 91.3 Å². The molecule has 0 unspecified atom stereocenters. The zero-order chi connectivity index (χ0) is 33.4. The van der Waals surface area contributed by atoms with Crippen molar-refractivity contribution >= 4 is 22.1 Å². The van der Waals surface area contributed by atoms with Gasteiger partial charge in [0.2, 0.25) is 0 Å². The van der Waals surface area contributed by atoms with Crippen molar-refractivity contribution in [1.29, 1.82) is 0 Å². The molecule has 0 N–H and O–H groups in total. The molecule has 1 aliphatic heterocycles. The number of hydrogen-bond donors (Lipinski definition) is 0. The van der Waals surface area contributed by atoms with Crippen LogP contribution in [0.25, 0.3) is 33.6 Å². The van der Waals surface area contributed by atoms with Gasteiger partial charge >= 0.3 is 170 Å². The third kappa shape index (κ3) is 5.78. The first-order valence-corrected chi connectivity index (χ1v) is 18.3. The van der Waals surface area contributed by atoms with E-state index in [9.17, 15) is 0 Å². The maximum atomic E-state index is 7.77. The van der Waals surface area contributed by atoms with E-state index >= 15 is 0 Å². The van der Waals surface area contributed by atoms with Crippen molar-refractivity contribution in [2.24, 2.45) is 0 Å². The smallest absolute Gasteiger partial charge is 0 e. The van der Waals surface area contributed by atoms with Gasteiger partial charge in [-0.2, -0.15) is 0 Å². The molecule has 5 aromatic rings. The first-order valence-electron chi connectivity index (χ1n) is 16.7. The molecule has 0 atom stereocenters. The van der Waals surface area contributed by atoms with Gasteiger partial charge in [-0.05, 0) is 18.1 Å². The Morgan fingerprint density at radius 2 is 1.49 bits per heavy atom. The summed E-state index contributed by atoms with van der Waals surface area (Å²) >= 11 is -2.79. The maximum absolute atomic E-state index is 7.77. The van der Waals surface area contributed by atoms with Crippen LogP contribution in [-0.2, 0) is 20.1 Å². The van der Waals surface area contributed by atoms with Gasteiger partial charge < -0.3 is 4.98 Å². The number of benzene rings is 3. The number of rotatable bonds is 4. The number of aryl methyl sites for hydroxylation is 3. The molecule has 211 valence electrons.